The number of halogens is 2. The van der Waals surface area contributed by atoms with Crippen LogP contribution in [0.25, 0.3) is 0 Å². The monoisotopic (exact) mass is 335 g/mol. The predicted molar refractivity (Wildman–Crippen MR) is 82.8 cm³/mol. The summed E-state index contributed by atoms with van der Waals surface area (Å²) in [6, 6.07) is 4.94. The molecule has 0 radical (unpaired) electrons. The predicted octanol–water partition coefficient (Wildman–Crippen LogP) is 3.89. The molecular formula is C14H19Cl2NO2S. The van der Waals surface area contributed by atoms with E-state index in [1.165, 1.54) is 0 Å². The number of benzene rings is 1. The van der Waals surface area contributed by atoms with Gasteiger partial charge in [0.2, 0.25) is 10.0 Å². The topological polar surface area (TPSA) is 37.4 Å². The van der Waals surface area contributed by atoms with E-state index in [-0.39, 0.29) is 15.8 Å². The molecule has 1 aliphatic rings. The lowest BCUT2D eigenvalue weighted by molar-refractivity contribution is 0.261. The highest BCUT2D eigenvalue weighted by Crippen LogP contribution is 2.30. The summed E-state index contributed by atoms with van der Waals surface area (Å²) >= 11 is 11.9. The molecule has 1 unspecified atom stereocenters. The van der Waals surface area contributed by atoms with Gasteiger partial charge in [0.1, 0.15) is 4.90 Å². The Morgan fingerprint density at radius 1 is 1.40 bits per heavy atom. The van der Waals surface area contributed by atoms with E-state index in [0.717, 1.165) is 24.8 Å². The van der Waals surface area contributed by atoms with Crippen LogP contribution in [0.2, 0.25) is 5.02 Å². The van der Waals surface area contributed by atoms with Gasteiger partial charge in [-0.25, -0.2) is 8.42 Å². The highest BCUT2D eigenvalue weighted by molar-refractivity contribution is 7.89. The molecule has 1 heterocycles. The molecule has 6 heteroatoms. The molecule has 0 saturated carbocycles. The standard InChI is InChI=1S/C14H19Cl2NO2S/c1-2-11-4-3-7-17(10-11)20(18,19)14-8-12(9-15)5-6-13(14)16/h5-6,8,11H,2-4,7,9-10H2,1H3. The fourth-order valence-electron chi connectivity index (χ4n) is 2.55. The Labute approximate surface area is 130 Å². The van der Waals surface area contributed by atoms with Crippen molar-refractivity contribution in [2.45, 2.75) is 37.0 Å². The van der Waals surface area contributed by atoms with E-state index in [4.69, 9.17) is 23.2 Å². The van der Waals surface area contributed by atoms with Crippen LogP contribution in [0.4, 0.5) is 0 Å². The van der Waals surface area contributed by atoms with Gasteiger partial charge in [0.05, 0.1) is 5.02 Å². The van der Waals surface area contributed by atoms with E-state index in [1.54, 1.807) is 22.5 Å². The summed E-state index contributed by atoms with van der Waals surface area (Å²) in [5, 5.41) is 0.262. The molecule has 0 N–H and O–H groups in total. The summed E-state index contributed by atoms with van der Waals surface area (Å²) in [7, 11) is -3.53. The molecule has 1 aromatic carbocycles. The third-order valence-corrected chi connectivity index (χ3v) is 6.48. The molecule has 112 valence electrons. The number of hydrogen-bond acceptors (Lipinski definition) is 2. The Kier molecular flexibility index (Phi) is 5.35. The smallest absolute Gasteiger partial charge is 0.207 e. The quantitative estimate of drug-likeness (QED) is 0.782. The second-order valence-electron chi connectivity index (χ2n) is 5.18. The summed E-state index contributed by atoms with van der Waals surface area (Å²) in [4.78, 5) is 0.175. The van der Waals surface area contributed by atoms with Crippen LogP contribution in [-0.2, 0) is 15.9 Å². The van der Waals surface area contributed by atoms with Crippen molar-refractivity contribution in [1.82, 2.24) is 4.31 Å². The van der Waals surface area contributed by atoms with E-state index < -0.39 is 10.0 Å². The van der Waals surface area contributed by atoms with Gasteiger partial charge in [-0.05, 0) is 36.5 Å². The molecule has 0 bridgehead atoms. The van der Waals surface area contributed by atoms with Crippen LogP contribution in [0.3, 0.4) is 0 Å². The van der Waals surface area contributed by atoms with Crippen molar-refractivity contribution in [3.8, 4) is 0 Å². The van der Waals surface area contributed by atoms with Crippen molar-refractivity contribution in [3.63, 3.8) is 0 Å². The molecule has 1 saturated heterocycles. The van der Waals surface area contributed by atoms with Crippen LogP contribution in [0.15, 0.2) is 23.1 Å². The first-order valence-electron chi connectivity index (χ1n) is 6.83. The maximum Gasteiger partial charge on any atom is 0.244 e. The average molecular weight is 336 g/mol. The minimum atomic E-state index is -3.53. The molecule has 20 heavy (non-hydrogen) atoms. The van der Waals surface area contributed by atoms with E-state index in [1.807, 2.05) is 0 Å². The van der Waals surface area contributed by atoms with E-state index in [2.05, 4.69) is 6.92 Å². The first kappa shape index (κ1) is 16.1. The Morgan fingerprint density at radius 2 is 2.15 bits per heavy atom. The zero-order chi connectivity index (χ0) is 14.8. The summed E-state index contributed by atoms with van der Waals surface area (Å²) in [5.41, 5.74) is 0.763. The zero-order valence-electron chi connectivity index (χ0n) is 11.5. The third-order valence-electron chi connectivity index (χ3n) is 3.83. The molecular weight excluding hydrogens is 317 g/mol. The van der Waals surface area contributed by atoms with Gasteiger partial charge in [-0.3, -0.25) is 0 Å². The van der Waals surface area contributed by atoms with Gasteiger partial charge >= 0.3 is 0 Å². The highest BCUT2D eigenvalue weighted by atomic mass is 35.5. The molecule has 0 amide bonds. The van der Waals surface area contributed by atoms with Crippen LogP contribution >= 0.6 is 23.2 Å². The van der Waals surface area contributed by atoms with Crippen molar-refractivity contribution >= 4 is 33.2 Å². The maximum absolute atomic E-state index is 12.7. The third kappa shape index (κ3) is 3.30. The van der Waals surface area contributed by atoms with Gasteiger partial charge in [-0.2, -0.15) is 4.31 Å². The van der Waals surface area contributed by atoms with Gasteiger partial charge in [-0.15, -0.1) is 11.6 Å². The lowest BCUT2D eigenvalue weighted by atomic mass is 9.97. The van der Waals surface area contributed by atoms with Crippen LogP contribution in [0, 0.1) is 5.92 Å². The van der Waals surface area contributed by atoms with Crippen LogP contribution in [-0.4, -0.2) is 25.8 Å². The molecule has 0 aromatic heterocycles. The summed E-state index contributed by atoms with van der Waals surface area (Å²) in [6.07, 6.45) is 3.00. The van der Waals surface area contributed by atoms with Crippen molar-refractivity contribution in [2.24, 2.45) is 5.92 Å². The molecule has 3 nitrogen and oxygen atoms in total. The Morgan fingerprint density at radius 3 is 2.80 bits per heavy atom. The largest absolute Gasteiger partial charge is 0.244 e. The Bertz CT molecular complexity index is 575. The number of alkyl halides is 1. The van der Waals surface area contributed by atoms with E-state index >= 15 is 0 Å². The number of rotatable bonds is 4. The number of hydrogen-bond donors (Lipinski definition) is 0. The Hall–Kier alpha value is -0.290. The zero-order valence-corrected chi connectivity index (χ0v) is 13.8. The number of nitrogens with zero attached hydrogens (tertiary/aromatic N) is 1. The number of piperidine rings is 1. The first-order chi connectivity index (χ1) is 9.48. The summed E-state index contributed by atoms with van der Waals surface area (Å²) in [6.45, 7) is 3.25. The summed E-state index contributed by atoms with van der Waals surface area (Å²) in [5.74, 6) is 0.714. The van der Waals surface area contributed by atoms with Crippen LogP contribution in [0.1, 0.15) is 31.7 Å². The molecule has 0 spiro atoms. The number of sulfonamides is 1. The van der Waals surface area contributed by atoms with Gasteiger partial charge in [0.15, 0.2) is 0 Å². The lowest BCUT2D eigenvalue weighted by Crippen LogP contribution is -2.39. The summed E-state index contributed by atoms with van der Waals surface area (Å²) < 4.78 is 27.0. The first-order valence-corrected chi connectivity index (χ1v) is 9.18. The van der Waals surface area contributed by atoms with Crippen molar-refractivity contribution in [2.75, 3.05) is 13.1 Å². The second kappa shape index (κ2) is 6.65. The van der Waals surface area contributed by atoms with Crippen molar-refractivity contribution < 1.29 is 8.42 Å². The minimum absolute atomic E-state index is 0.175. The maximum atomic E-state index is 12.7. The van der Waals surface area contributed by atoms with Crippen LogP contribution in [0.5, 0.6) is 0 Å². The van der Waals surface area contributed by atoms with Gasteiger partial charge < -0.3 is 0 Å². The van der Waals surface area contributed by atoms with Gasteiger partial charge in [-0.1, -0.05) is 31.0 Å². The molecule has 1 atom stereocenters. The van der Waals surface area contributed by atoms with Crippen LogP contribution < -0.4 is 0 Å². The van der Waals surface area contributed by atoms with E-state index in [0.29, 0.717) is 19.0 Å². The lowest BCUT2D eigenvalue weighted by Gasteiger charge is -2.31. The fraction of sp³-hybridized carbons (Fsp3) is 0.571. The van der Waals surface area contributed by atoms with Gasteiger partial charge in [0, 0.05) is 19.0 Å². The highest BCUT2D eigenvalue weighted by Gasteiger charge is 2.31. The van der Waals surface area contributed by atoms with E-state index in [9.17, 15) is 8.42 Å². The average Bonchev–Trinajstić information content (AvgIpc) is 2.47. The SMILES string of the molecule is CCC1CCCN(S(=O)(=O)c2cc(CCl)ccc2Cl)C1. The van der Waals surface area contributed by atoms with Crippen molar-refractivity contribution in [1.29, 1.82) is 0 Å². The molecule has 1 aliphatic heterocycles. The molecule has 1 fully saturated rings. The van der Waals surface area contributed by atoms with Crippen molar-refractivity contribution in [3.05, 3.63) is 28.8 Å². The molecule has 1 aromatic rings. The molecule has 0 aliphatic carbocycles. The fourth-order valence-corrected chi connectivity index (χ4v) is 4.79. The van der Waals surface area contributed by atoms with Gasteiger partial charge in [0.25, 0.3) is 0 Å². The molecule has 2 rings (SSSR count). The Balaban J connectivity index is 2.34. The normalized spacial score (nSPS) is 21.1. The minimum Gasteiger partial charge on any atom is -0.207 e. The second-order valence-corrected chi connectivity index (χ2v) is 7.76.